The van der Waals surface area contributed by atoms with Crippen molar-refractivity contribution in [1.29, 1.82) is 0 Å². The molecule has 2 aromatic rings. The van der Waals surface area contributed by atoms with E-state index in [0.717, 1.165) is 4.47 Å². The zero-order valence-corrected chi connectivity index (χ0v) is 13.4. The Hall–Kier alpha value is -1.09. The lowest BCUT2D eigenvalue weighted by atomic mass is 10.3. The van der Waals surface area contributed by atoms with E-state index in [4.69, 9.17) is 17.3 Å². The van der Waals surface area contributed by atoms with Gasteiger partial charge >= 0.3 is 0 Å². The summed E-state index contributed by atoms with van der Waals surface area (Å²) in [5, 5.41) is 4.23. The Bertz CT molecular complexity index is 717. The molecule has 0 aliphatic rings. The van der Waals surface area contributed by atoms with Gasteiger partial charge < -0.3 is 5.73 Å². The fourth-order valence-corrected chi connectivity index (χ4v) is 3.32. The second-order valence-corrected chi connectivity index (χ2v) is 6.96. The highest BCUT2D eigenvalue weighted by Gasteiger charge is 2.18. The van der Waals surface area contributed by atoms with Gasteiger partial charge in [0.1, 0.15) is 4.90 Å². The van der Waals surface area contributed by atoms with Gasteiger partial charge in [0.05, 0.1) is 23.5 Å². The molecule has 0 fully saturated rings. The molecule has 0 bridgehead atoms. The van der Waals surface area contributed by atoms with Crippen LogP contribution in [0, 0.1) is 0 Å². The number of benzene rings is 1. The van der Waals surface area contributed by atoms with E-state index < -0.39 is 10.0 Å². The minimum Gasteiger partial charge on any atom is -0.329 e. The van der Waals surface area contributed by atoms with Crippen molar-refractivity contribution in [2.24, 2.45) is 5.73 Å². The van der Waals surface area contributed by atoms with Crippen LogP contribution in [0.2, 0.25) is 5.02 Å². The smallest absolute Gasteiger partial charge is 0.265 e. The van der Waals surface area contributed by atoms with Crippen LogP contribution in [0.25, 0.3) is 0 Å². The fraction of sp³-hybridized carbons (Fsp3) is 0.182. The monoisotopic (exact) mass is 378 g/mol. The molecule has 2 rings (SSSR count). The normalized spacial score (nSPS) is 11.6. The number of anilines is 1. The van der Waals surface area contributed by atoms with Crippen molar-refractivity contribution < 1.29 is 8.42 Å². The molecule has 6 nitrogen and oxygen atoms in total. The van der Waals surface area contributed by atoms with Crippen molar-refractivity contribution in [3.8, 4) is 0 Å². The van der Waals surface area contributed by atoms with E-state index in [0.29, 0.717) is 23.8 Å². The highest BCUT2D eigenvalue weighted by Crippen LogP contribution is 2.27. The molecule has 1 heterocycles. The summed E-state index contributed by atoms with van der Waals surface area (Å²) < 4.78 is 29.0. The average molecular weight is 380 g/mol. The number of hydrogen-bond donors (Lipinski definition) is 2. The first-order valence-corrected chi connectivity index (χ1v) is 8.28. The van der Waals surface area contributed by atoms with Crippen LogP contribution in [0.4, 0.5) is 5.69 Å². The third-order valence-electron chi connectivity index (χ3n) is 2.45. The summed E-state index contributed by atoms with van der Waals surface area (Å²) in [6, 6.07) is 4.88. The summed E-state index contributed by atoms with van der Waals surface area (Å²) in [6.45, 7) is 0.835. The molecule has 20 heavy (non-hydrogen) atoms. The van der Waals surface area contributed by atoms with Crippen LogP contribution < -0.4 is 10.5 Å². The standard InChI is InChI=1S/C11H12BrClN4O2S/c12-8-1-2-11(10(13)5-8)16-20(18,19)9-6-15-17(7-9)4-3-14/h1-2,5-7,16H,3-4,14H2. The second kappa shape index (κ2) is 6.13. The molecule has 0 saturated heterocycles. The maximum Gasteiger partial charge on any atom is 0.265 e. The zero-order valence-electron chi connectivity index (χ0n) is 10.3. The molecule has 0 radical (unpaired) electrons. The van der Waals surface area contributed by atoms with Gasteiger partial charge in [-0.25, -0.2) is 8.42 Å². The topological polar surface area (TPSA) is 90.0 Å². The Morgan fingerprint density at radius 3 is 2.85 bits per heavy atom. The van der Waals surface area contributed by atoms with Gasteiger partial charge in [0.2, 0.25) is 0 Å². The average Bonchev–Trinajstić information content (AvgIpc) is 2.83. The molecule has 0 aliphatic carbocycles. The number of nitrogens with one attached hydrogen (secondary N) is 1. The maximum absolute atomic E-state index is 12.2. The Morgan fingerprint density at radius 1 is 1.45 bits per heavy atom. The Labute approximate surface area is 130 Å². The maximum atomic E-state index is 12.2. The molecule has 0 saturated carbocycles. The van der Waals surface area contributed by atoms with Crippen LogP contribution in [0.1, 0.15) is 0 Å². The summed E-state index contributed by atoms with van der Waals surface area (Å²) in [6.07, 6.45) is 2.69. The van der Waals surface area contributed by atoms with Gasteiger partial charge in [-0.3, -0.25) is 9.40 Å². The minimum atomic E-state index is -3.72. The third-order valence-corrected chi connectivity index (χ3v) is 4.58. The van der Waals surface area contributed by atoms with Crippen molar-refractivity contribution in [1.82, 2.24) is 9.78 Å². The first-order chi connectivity index (χ1) is 9.42. The van der Waals surface area contributed by atoms with Crippen LogP contribution in [-0.4, -0.2) is 24.7 Å². The van der Waals surface area contributed by atoms with Crippen LogP contribution >= 0.6 is 27.5 Å². The van der Waals surface area contributed by atoms with E-state index in [-0.39, 0.29) is 4.90 Å². The molecule has 9 heteroatoms. The van der Waals surface area contributed by atoms with E-state index in [1.165, 1.54) is 17.1 Å². The van der Waals surface area contributed by atoms with Crippen LogP contribution in [0.3, 0.4) is 0 Å². The van der Waals surface area contributed by atoms with Gasteiger partial charge in [-0.05, 0) is 18.2 Å². The number of nitrogens with zero attached hydrogens (tertiary/aromatic N) is 2. The molecule has 108 valence electrons. The summed E-state index contributed by atoms with van der Waals surface area (Å²) in [5.74, 6) is 0. The number of halogens is 2. The summed E-state index contributed by atoms with van der Waals surface area (Å²) >= 11 is 9.24. The minimum absolute atomic E-state index is 0.0601. The number of aromatic nitrogens is 2. The molecule has 0 atom stereocenters. The van der Waals surface area contributed by atoms with Gasteiger partial charge in [0.15, 0.2) is 0 Å². The lowest BCUT2D eigenvalue weighted by Gasteiger charge is -2.08. The number of nitrogens with two attached hydrogens (primary N) is 1. The predicted molar refractivity (Wildman–Crippen MR) is 81.2 cm³/mol. The van der Waals surface area contributed by atoms with Crippen molar-refractivity contribution >= 4 is 43.2 Å². The second-order valence-electron chi connectivity index (χ2n) is 3.96. The molecule has 0 spiro atoms. The van der Waals surface area contributed by atoms with Crippen LogP contribution in [0.15, 0.2) is 40.0 Å². The van der Waals surface area contributed by atoms with Crippen molar-refractivity contribution in [3.63, 3.8) is 0 Å². The molecule has 0 amide bonds. The first-order valence-electron chi connectivity index (χ1n) is 5.63. The van der Waals surface area contributed by atoms with E-state index in [1.807, 2.05) is 0 Å². The molecule has 1 aromatic carbocycles. The fourth-order valence-electron chi connectivity index (χ4n) is 1.51. The summed E-state index contributed by atoms with van der Waals surface area (Å²) in [7, 11) is -3.72. The van der Waals surface area contributed by atoms with Gasteiger partial charge in [0, 0.05) is 17.2 Å². The molecule has 3 N–H and O–H groups in total. The lowest BCUT2D eigenvalue weighted by molar-refractivity contribution is 0.599. The summed E-state index contributed by atoms with van der Waals surface area (Å²) in [4.78, 5) is 0.0601. The van der Waals surface area contributed by atoms with Gasteiger partial charge in [-0.15, -0.1) is 0 Å². The Balaban J connectivity index is 2.26. The van der Waals surface area contributed by atoms with E-state index >= 15 is 0 Å². The quantitative estimate of drug-likeness (QED) is 0.832. The van der Waals surface area contributed by atoms with E-state index in [9.17, 15) is 8.42 Å². The largest absolute Gasteiger partial charge is 0.329 e. The van der Waals surface area contributed by atoms with Crippen molar-refractivity contribution in [2.75, 3.05) is 11.3 Å². The SMILES string of the molecule is NCCn1cc(S(=O)(=O)Nc2ccc(Br)cc2Cl)cn1. The molecular weight excluding hydrogens is 368 g/mol. The number of sulfonamides is 1. The van der Waals surface area contributed by atoms with Gasteiger partial charge in [0.25, 0.3) is 10.0 Å². The Morgan fingerprint density at radius 2 is 2.20 bits per heavy atom. The molecule has 1 aromatic heterocycles. The van der Waals surface area contributed by atoms with Crippen LogP contribution in [-0.2, 0) is 16.6 Å². The van der Waals surface area contributed by atoms with E-state index in [2.05, 4.69) is 25.8 Å². The van der Waals surface area contributed by atoms with E-state index in [1.54, 1.807) is 18.2 Å². The van der Waals surface area contributed by atoms with Gasteiger partial charge in [-0.2, -0.15) is 5.10 Å². The highest BCUT2D eigenvalue weighted by atomic mass is 79.9. The number of rotatable bonds is 5. The lowest BCUT2D eigenvalue weighted by Crippen LogP contribution is -2.13. The Kier molecular flexibility index (Phi) is 4.69. The van der Waals surface area contributed by atoms with Crippen molar-refractivity contribution in [3.05, 3.63) is 40.1 Å². The molecule has 0 unspecified atom stereocenters. The summed E-state index contributed by atoms with van der Waals surface area (Å²) in [5.41, 5.74) is 5.70. The van der Waals surface area contributed by atoms with Crippen LogP contribution in [0.5, 0.6) is 0 Å². The first kappa shape index (κ1) is 15.3. The van der Waals surface area contributed by atoms with Gasteiger partial charge in [-0.1, -0.05) is 27.5 Å². The predicted octanol–water partition coefficient (Wildman–Crippen LogP) is 2.06. The van der Waals surface area contributed by atoms with Crippen molar-refractivity contribution in [2.45, 2.75) is 11.4 Å². The molecular formula is C11H12BrClN4O2S. The molecule has 0 aliphatic heterocycles. The highest BCUT2D eigenvalue weighted by molar-refractivity contribution is 9.10. The number of hydrogen-bond acceptors (Lipinski definition) is 4. The third kappa shape index (κ3) is 3.51. The zero-order chi connectivity index (χ0) is 14.8.